The van der Waals surface area contributed by atoms with Crippen LogP contribution in [0.25, 0.3) is 0 Å². The molecular formula is C25H32O4Si. The molecule has 1 aliphatic heterocycles. The molecule has 0 bridgehead atoms. The third-order valence-corrected chi connectivity index (χ3v) is 11.0. The maximum atomic E-state index is 12.0. The van der Waals surface area contributed by atoms with Crippen molar-refractivity contribution in [1.82, 2.24) is 0 Å². The summed E-state index contributed by atoms with van der Waals surface area (Å²) in [6.45, 7) is 11.1. The van der Waals surface area contributed by atoms with Crippen LogP contribution >= 0.6 is 0 Å². The van der Waals surface area contributed by atoms with Crippen molar-refractivity contribution in [1.29, 1.82) is 0 Å². The molecule has 1 fully saturated rings. The van der Waals surface area contributed by atoms with Gasteiger partial charge in [-0.2, -0.15) is 0 Å². The first-order valence-electron chi connectivity index (χ1n) is 10.5. The Hall–Kier alpha value is -2.24. The Bertz CT molecular complexity index is 829. The SMILES string of the molecule is CC(C)(CO[Si](c1ccccc1)(c1ccccc1)C(C)(C)C)[C@@H]1CC(=O)CC(=O)O1. The van der Waals surface area contributed by atoms with Crippen LogP contribution in [0.3, 0.4) is 0 Å². The van der Waals surface area contributed by atoms with Crippen molar-refractivity contribution >= 4 is 30.4 Å². The zero-order valence-corrected chi connectivity index (χ0v) is 19.6. The van der Waals surface area contributed by atoms with Gasteiger partial charge >= 0.3 is 5.97 Å². The van der Waals surface area contributed by atoms with E-state index in [-0.39, 0.29) is 23.7 Å². The van der Waals surface area contributed by atoms with Crippen LogP contribution in [0.5, 0.6) is 0 Å². The van der Waals surface area contributed by atoms with Gasteiger partial charge in [0.25, 0.3) is 8.32 Å². The second-order valence-corrected chi connectivity index (χ2v) is 14.1. The number of ether oxygens (including phenoxy) is 1. The molecule has 1 atom stereocenters. The molecule has 160 valence electrons. The molecule has 4 nitrogen and oxygen atoms in total. The van der Waals surface area contributed by atoms with Gasteiger partial charge in [-0.25, -0.2) is 0 Å². The minimum absolute atomic E-state index is 0.0604. The standard InChI is InChI=1S/C25H32O4Si/c1-24(2,3)30(20-12-8-6-9-13-20,21-14-10-7-11-15-21)28-18-25(4,5)22-16-19(26)17-23(27)29-22/h6-15,22H,16-18H2,1-5H3/t22-/m0/s1. The molecule has 0 N–H and O–H groups in total. The minimum atomic E-state index is -2.68. The fourth-order valence-corrected chi connectivity index (χ4v) is 9.01. The van der Waals surface area contributed by atoms with Crippen LogP contribution in [-0.2, 0) is 18.8 Å². The second kappa shape index (κ2) is 8.48. The van der Waals surface area contributed by atoms with Crippen LogP contribution in [0, 0.1) is 5.41 Å². The number of carbonyl (C=O) groups excluding carboxylic acids is 2. The van der Waals surface area contributed by atoms with E-state index >= 15 is 0 Å². The highest BCUT2D eigenvalue weighted by atomic mass is 28.4. The Kier molecular flexibility index (Phi) is 6.34. The summed E-state index contributed by atoms with van der Waals surface area (Å²) in [6.07, 6.45) is -0.338. The molecule has 5 heteroatoms. The number of benzene rings is 2. The van der Waals surface area contributed by atoms with Crippen LogP contribution in [0.15, 0.2) is 60.7 Å². The Labute approximate surface area is 180 Å². The first-order valence-corrected chi connectivity index (χ1v) is 12.4. The average Bonchev–Trinajstić information content (AvgIpc) is 2.68. The van der Waals surface area contributed by atoms with E-state index in [1.54, 1.807) is 0 Å². The maximum absolute atomic E-state index is 12.0. The Morgan fingerprint density at radius 3 is 1.83 bits per heavy atom. The summed E-state index contributed by atoms with van der Waals surface area (Å²) in [5.74, 6) is -0.496. The second-order valence-electron chi connectivity index (χ2n) is 9.84. The lowest BCUT2D eigenvalue weighted by molar-refractivity contribution is -0.166. The molecule has 0 unspecified atom stereocenters. The molecular weight excluding hydrogens is 392 g/mol. The van der Waals surface area contributed by atoms with E-state index in [0.717, 1.165) is 0 Å². The summed E-state index contributed by atoms with van der Waals surface area (Å²) in [6, 6.07) is 20.9. The van der Waals surface area contributed by atoms with Gasteiger partial charge in [-0.3, -0.25) is 9.59 Å². The molecule has 0 aliphatic carbocycles. The number of hydrogen-bond donors (Lipinski definition) is 0. The van der Waals surface area contributed by atoms with Gasteiger partial charge in [-0.05, 0) is 15.4 Å². The largest absolute Gasteiger partial charge is 0.461 e. The smallest absolute Gasteiger partial charge is 0.313 e. The van der Waals surface area contributed by atoms with Crippen molar-refractivity contribution in [2.75, 3.05) is 6.61 Å². The molecule has 0 amide bonds. The molecule has 2 aromatic rings. The third kappa shape index (κ3) is 4.42. The van der Waals surface area contributed by atoms with E-state index in [1.807, 2.05) is 26.0 Å². The number of cyclic esters (lactones) is 1. The van der Waals surface area contributed by atoms with E-state index in [4.69, 9.17) is 9.16 Å². The highest BCUT2D eigenvalue weighted by molar-refractivity contribution is 6.99. The number of esters is 1. The summed E-state index contributed by atoms with van der Waals surface area (Å²) < 4.78 is 12.6. The molecule has 3 rings (SSSR count). The number of ketones is 1. The molecule has 30 heavy (non-hydrogen) atoms. The first kappa shape index (κ1) is 22.4. The fourth-order valence-electron chi connectivity index (χ4n) is 4.27. The lowest BCUT2D eigenvalue weighted by Crippen LogP contribution is -2.67. The average molecular weight is 425 g/mol. The van der Waals surface area contributed by atoms with Crippen LogP contribution in [0.1, 0.15) is 47.5 Å². The third-order valence-electron chi connectivity index (χ3n) is 5.98. The van der Waals surface area contributed by atoms with E-state index in [2.05, 4.69) is 69.3 Å². The lowest BCUT2D eigenvalue weighted by atomic mass is 9.83. The highest BCUT2D eigenvalue weighted by Gasteiger charge is 2.51. The highest BCUT2D eigenvalue weighted by Crippen LogP contribution is 2.39. The van der Waals surface area contributed by atoms with Crippen molar-refractivity contribution in [3.63, 3.8) is 0 Å². The van der Waals surface area contributed by atoms with Gasteiger partial charge in [0.05, 0.1) is 0 Å². The molecule has 0 spiro atoms. The van der Waals surface area contributed by atoms with E-state index in [9.17, 15) is 9.59 Å². The van der Waals surface area contributed by atoms with Gasteiger partial charge < -0.3 is 9.16 Å². The normalized spacial score (nSPS) is 18.2. The number of rotatable bonds is 6. The predicted octanol–water partition coefficient (Wildman–Crippen LogP) is 3.86. The monoisotopic (exact) mass is 424 g/mol. The molecule has 2 aromatic carbocycles. The zero-order chi connectivity index (χ0) is 22.0. The van der Waals surface area contributed by atoms with Crippen LogP contribution in [0.2, 0.25) is 5.04 Å². The summed E-state index contributed by atoms with van der Waals surface area (Å²) in [5, 5.41) is 2.28. The van der Waals surface area contributed by atoms with Gasteiger partial charge in [-0.15, -0.1) is 0 Å². The molecule has 0 radical (unpaired) electrons. The Balaban J connectivity index is 2.01. The van der Waals surface area contributed by atoms with Crippen molar-refractivity contribution in [2.45, 2.75) is 58.6 Å². The number of hydrogen-bond acceptors (Lipinski definition) is 4. The fraction of sp³-hybridized carbons (Fsp3) is 0.440. The van der Waals surface area contributed by atoms with Crippen LogP contribution in [-0.4, -0.2) is 32.8 Å². The van der Waals surface area contributed by atoms with Gasteiger partial charge in [-0.1, -0.05) is 95.3 Å². The van der Waals surface area contributed by atoms with Crippen molar-refractivity contribution in [3.05, 3.63) is 60.7 Å². The summed E-state index contributed by atoms with van der Waals surface area (Å²) in [4.78, 5) is 23.9. The number of Topliss-reactive ketones (excluding diaryl/α,β-unsaturated/α-hetero) is 1. The predicted molar refractivity (Wildman–Crippen MR) is 121 cm³/mol. The Morgan fingerprint density at radius 1 is 0.900 bits per heavy atom. The number of carbonyl (C=O) groups is 2. The van der Waals surface area contributed by atoms with E-state index in [1.165, 1.54) is 10.4 Å². The summed E-state index contributed by atoms with van der Waals surface area (Å²) >= 11 is 0. The van der Waals surface area contributed by atoms with Gasteiger partial charge in [0.2, 0.25) is 0 Å². The summed E-state index contributed by atoms with van der Waals surface area (Å²) in [7, 11) is -2.68. The van der Waals surface area contributed by atoms with Crippen LogP contribution < -0.4 is 10.4 Å². The molecule has 1 saturated heterocycles. The van der Waals surface area contributed by atoms with Crippen LogP contribution in [0.4, 0.5) is 0 Å². The van der Waals surface area contributed by atoms with E-state index < -0.39 is 25.8 Å². The quantitative estimate of drug-likeness (QED) is 0.401. The molecule has 0 aromatic heterocycles. The van der Waals surface area contributed by atoms with Gasteiger partial charge in [0, 0.05) is 18.4 Å². The maximum Gasteiger partial charge on any atom is 0.313 e. The van der Waals surface area contributed by atoms with E-state index in [0.29, 0.717) is 6.61 Å². The topological polar surface area (TPSA) is 52.6 Å². The van der Waals surface area contributed by atoms with Crippen molar-refractivity contribution in [3.8, 4) is 0 Å². The minimum Gasteiger partial charge on any atom is -0.461 e. The molecule has 0 saturated carbocycles. The van der Waals surface area contributed by atoms with Gasteiger partial charge in [0.15, 0.2) is 0 Å². The molecule has 1 heterocycles. The molecule has 1 aliphatic rings. The zero-order valence-electron chi connectivity index (χ0n) is 18.6. The van der Waals surface area contributed by atoms with Gasteiger partial charge in [0.1, 0.15) is 18.3 Å². The Morgan fingerprint density at radius 2 is 1.40 bits per heavy atom. The first-order chi connectivity index (χ1) is 14.1. The van der Waals surface area contributed by atoms with Crippen molar-refractivity contribution in [2.24, 2.45) is 5.41 Å². The summed E-state index contributed by atoms with van der Waals surface area (Å²) in [5.41, 5.74) is -0.487. The van der Waals surface area contributed by atoms with Crippen molar-refractivity contribution < 1.29 is 18.8 Å². The lowest BCUT2D eigenvalue weighted by Gasteiger charge is -2.46.